The van der Waals surface area contributed by atoms with Gasteiger partial charge in [-0.2, -0.15) is 4.99 Å². The van der Waals surface area contributed by atoms with Crippen LogP contribution >= 0.6 is 11.3 Å². The highest BCUT2D eigenvalue weighted by molar-refractivity contribution is 7.16. The molecular weight excluding hydrogens is 394 g/mol. The molecule has 0 bridgehead atoms. The van der Waals surface area contributed by atoms with Gasteiger partial charge in [0.15, 0.2) is 4.80 Å². The quantitative estimate of drug-likeness (QED) is 0.505. The lowest BCUT2D eigenvalue weighted by atomic mass is 10.2. The molecule has 0 atom stereocenters. The Kier molecular flexibility index (Phi) is 6.58. The zero-order chi connectivity index (χ0) is 21.0. The molecule has 0 spiro atoms. The number of aromatic nitrogens is 1. The number of imide groups is 1. The Morgan fingerprint density at radius 1 is 1.17 bits per heavy atom. The number of esters is 1. The van der Waals surface area contributed by atoms with E-state index in [1.807, 2.05) is 22.8 Å². The molecule has 0 aliphatic carbocycles. The summed E-state index contributed by atoms with van der Waals surface area (Å²) in [4.78, 5) is 53.3. The number of thiazole rings is 1. The molecule has 29 heavy (non-hydrogen) atoms. The first kappa shape index (κ1) is 20.9. The van der Waals surface area contributed by atoms with Crippen LogP contribution in [0.15, 0.2) is 23.2 Å². The zero-order valence-electron chi connectivity index (χ0n) is 16.5. The second-order valence-electron chi connectivity index (χ2n) is 6.63. The van der Waals surface area contributed by atoms with Crippen molar-refractivity contribution < 1.29 is 23.9 Å². The second kappa shape index (κ2) is 9.13. The summed E-state index contributed by atoms with van der Waals surface area (Å²) in [6.45, 7) is 4.07. The number of benzene rings is 1. The summed E-state index contributed by atoms with van der Waals surface area (Å²) in [5.74, 6) is -1.59. The summed E-state index contributed by atoms with van der Waals surface area (Å²) < 4.78 is 7.75. The maximum absolute atomic E-state index is 12.4. The van der Waals surface area contributed by atoms with Crippen molar-refractivity contribution in [1.82, 2.24) is 9.47 Å². The third kappa shape index (κ3) is 4.79. The van der Waals surface area contributed by atoms with Gasteiger partial charge < -0.3 is 9.30 Å². The van der Waals surface area contributed by atoms with Gasteiger partial charge >= 0.3 is 5.97 Å². The van der Waals surface area contributed by atoms with E-state index in [4.69, 9.17) is 4.74 Å². The number of aryl methyl sites for hydroxylation is 2. The Morgan fingerprint density at radius 2 is 1.90 bits per heavy atom. The summed E-state index contributed by atoms with van der Waals surface area (Å²) in [6, 6.07) is 5.99. The number of ether oxygens (including phenoxy) is 1. The minimum absolute atomic E-state index is 0.133. The van der Waals surface area contributed by atoms with Crippen molar-refractivity contribution in [2.75, 3.05) is 13.2 Å². The Labute approximate surface area is 171 Å². The number of fused-ring (bicyclic) bond motifs is 1. The molecule has 1 fully saturated rings. The summed E-state index contributed by atoms with van der Waals surface area (Å²) in [5.41, 5.74) is 2.03. The molecule has 0 unspecified atom stereocenters. The largest absolute Gasteiger partial charge is 0.466 e. The van der Waals surface area contributed by atoms with Crippen LogP contribution in [0.25, 0.3) is 10.2 Å². The van der Waals surface area contributed by atoms with E-state index in [9.17, 15) is 19.2 Å². The van der Waals surface area contributed by atoms with Crippen molar-refractivity contribution in [2.24, 2.45) is 4.99 Å². The maximum atomic E-state index is 12.4. The maximum Gasteiger partial charge on any atom is 0.307 e. The molecule has 0 radical (unpaired) electrons. The van der Waals surface area contributed by atoms with Crippen molar-refractivity contribution in [3.8, 4) is 0 Å². The van der Waals surface area contributed by atoms with Crippen LogP contribution in [0, 0.1) is 0 Å². The number of hydrogen-bond donors (Lipinski definition) is 0. The molecule has 3 amide bonds. The summed E-state index contributed by atoms with van der Waals surface area (Å²) in [7, 11) is 0. The summed E-state index contributed by atoms with van der Waals surface area (Å²) in [6.07, 6.45) is 1.30. The van der Waals surface area contributed by atoms with Gasteiger partial charge in [-0.3, -0.25) is 24.1 Å². The first-order valence-corrected chi connectivity index (χ1v) is 10.4. The Balaban J connectivity index is 1.93. The lowest BCUT2D eigenvalue weighted by molar-refractivity contribution is -0.143. The molecule has 9 heteroatoms. The van der Waals surface area contributed by atoms with E-state index in [0.29, 0.717) is 18.0 Å². The van der Waals surface area contributed by atoms with Gasteiger partial charge in [0.1, 0.15) is 6.54 Å². The number of nitrogens with zero attached hydrogens (tertiary/aromatic N) is 3. The van der Waals surface area contributed by atoms with Gasteiger partial charge in [-0.05, 0) is 31.0 Å². The normalized spacial score (nSPS) is 14.8. The Hall–Kier alpha value is -2.81. The number of carbonyl (C=O) groups is 4. The molecule has 1 aromatic carbocycles. The molecular formula is C20H23N3O5S. The van der Waals surface area contributed by atoms with Crippen molar-refractivity contribution in [2.45, 2.75) is 46.1 Å². The van der Waals surface area contributed by atoms with E-state index in [0.717, 1.165) is 27.1 Å². The molecule has 1 aliphatic rings. The lowest BCUT2D eigenvalue weighted by Crippen LogP contribution is -2.34. The number of amides is 3. The SMILES string of the molecule is CCOC(=O)CCn1c(=NC(=O)CN2C(=O)CCC2=O)sc2cc(CC)ccc21. The number of hydrogen-bond acceptors (Lipinski definition) is 6. The number of carbonyl (C=O) groups excluding carboxylic acids is 4. The molecule has 1 saturated heterocycles. The van der Waals surface area contributed by atoms with E-state index < -0.39 is 5.91 Å². The van der Waals surface area contributed by atoms with Crippen LogP contribution < -0.4 is 4.80 Å². The Morgan fingerprint density at radius 3 is 2.55 bits per heavy atom. The first-order chi connectivity index (χ1) is 13.9. The Bertz CT molecular complexity index is 1020. The lowest BCUT2D eigenvalue weighted by Gasteiger charge is -2.10. The number of rotatable bonds is 7. The molecule has 154 valence electrons. The van der Waals surface area contributed by atoms with Crippen LogP contribution in [0.2, 0.25) is 0 Å². The van der Waals surface area contributed by atoms with Crippen LogP contribution in [0.5, 0.6) is 0 Å². The van der Waals surface area contributed by atoms with Gasteiger partial charge in [0.25, 0.3) is 5.91 Å². The van der Waals surface area contributed by atoms with E-state index in [2.05, 4.69) is 11.9 Å². The highest BCUT2D eigenvalue weighted by atomic mass is 32.1. The summed E-state index contributed by atoms with van der Waals surface area (Å²) in [5, 5.41) is 0. The van der Waals surface area contributed by atoms with Gasteiger partial charge in [-0.15, -0.1) is 0 Å². The fraction of sp³-hybridized carbons (Fsp3) is 0.450. The van der Waals surface area contributed by atoms with E-state index in [1.165, 1.54) is 11.3 Å². The van der Waals surface area contributed by atoms with E-state index >= 15 is 0 Å². The van der Waals surface area contributed by atoms with Gasteiger partial charge in [0.2, 0.25) is 11.8 Å². The molecule has 0 N–H and O–H groups in total. The van der Waals surface area contributed by atoms with Crippen molar-refractivity contribution >= 4 is 45.2 Å². The standard InChI is InChI=1S/C20H23N3O5S/c1-3-13-5-6-14-15(11-13)29-20(22(14)10-9-19(27)28-4-2)21-16(24)12-23-17(25)7-8-18(23)26/h5-6,11H,3-4,7-10,12H2,1-2H3. The third-order valence-electron chi connectivity index (χ3n) is 4.67. The van der Waals surface area contributed by atoms with Crippen LogP contribution in [-0.4, -0.2) is 46.3 Å². The highest BCUT2D eigenvalue weighted by Crippen LogP contribution is 2.20. The molecule has 2 heterocycles. The molecule has 2 aromatic rings. The van der Waals surface area contributed by atoms with Crippen molar-refractivity contribution in [1.29, 1.82) is 0 Å². The average molecular weight is 417 g/mol. The molecule has 8 nitrogen and oxygen atoms in total. The number of likely N-dealkylation sites (tertiary alicyclic amines) is 1. The third-order valence-corrected chi connectivity index (χ3v) is 5.71. The molecule has 3 rings (SSSR count). The van der Waals surface area contributed by atoms with Crippen molar-refractivity contribution in [3.05, 3.63) is 28.6 Å². The van der Waals surface area contributed by atoms with Crippen LogP contribution in [0.3, 0.4) is 0 Å². The average Bonchev–Trinajstić information content (AvgIpc) is 3.19. The van der Waals surface area contributed by atoms with E-state index in [-0.39, 0.29) is 43.6 Å². The van der Waals surface area contributed by atoms with Gasteiger partial charge in [0, 0.05) is 19.4 Å². The molecule has 0 saturated carbocycles. The van der Waals surface area contributed by atoms with Crippen LogP contribution in [0.1, 0.15) is 38.7 Å². The minimum Gasteiger partial charge on any atom is -0.466 e. The van der Waals surface area contributed by atoms with Gasteiger partial charge in [-0.25, -0.2) is 0 Å². The predicted molar refractivity (Wildman–Crippen MR) is 107 cm³/mol. The monoisotopic (exact) mass is 417 g/mol. The second-order valence-corrected chi connectivity index (χ2v) is 7.64. The smallest absolute Gasteiger partial charge is 0.307 e. The minimum atomic E-state index is -0.569. The fourth-order valence-corrected chi connectivity index (χ4v) is 4.29. The van der Waals surface area contributed by atoms with Gasteiger partial charge in [0.05, 0.1) is 23.2 Å². The topological polar surface area (TPSA) is 98.0 Å². The van der Waals surface area contributed by atoms with Gasteiger partial charge in [-0.1, -0.05) is 24.3 Å². The summed E-state index contributed by atoms with van der Waals surface area (Å²) >= 11 is 1.34. The van der Waals surface area contributed by atoms with Crippen molar-refractivity contribution in [3.63, 3.8) is 0 Å². The molecule has 1 aromatic heterocycles. The van der Waals surface area contributed by atoms with Crippen LogP contribution in [0.4, 0.5) is 0 Å². The van der Waals surface area contributed by atoms with Crippen LogP contribution in [-0.2, 0) is 36.9 Å². The fourth-order valence-electron chi connectivity index (χ4n) is 3.15. The van der Waals surface area contributed by atoms with E-state index in [1.54, 1.807) is 6.92 Å². The zero-order valence-corrected chi connectivity index (χ0v) is 17.3. The first-order valence-electron chi connectivity index (χ1n) is 9.61. The highest BCUT2D eigenvalue weighted by Gasteiger charge is 2.30. The molecule has 1 aliphatic heterocycles. The predicted octanol–water partition coefficient (Wildman–Crippen LogP) is 1.79.